The molecule has 2 nitrogen and oxygen atoms in total. The second kappa shape index (κ2) is 5.21. The Labute approximate surface area is 106 Å². The van der Waals surface area contributed by atoms with Crippen LogP contribution in [0, 0.1) is 0 Å². The van der Waals surface area contributed by atoms with Crippen molar-refractivity contribution in [2.45, 2.75) is 13.5 Å². The van der Waals surface area contributed by atoms with Crippen molar-refractivity contribution in [3.8, 4) is 9.88 Å². The first-order valence-electron chi connectivity index (χ1n) is 4.69. The second-order valence-corrected chi connectivity index (χ2v) is 5.65. The zero-order valence-electron chi connectivity index (χ0n) is 8.29. The van der Waals surface area contributed by atoms with Gasteiger partial charge in [0, 0.05) is 16.4 Å². The molecule has 0 atom stereocenters. The Morgan fingerprint density at radius 2 is 2.33 bits per heavy atom. The fourth-order valence-electron chi connectivity index (χ4n) is 1.19. The van der Waals surface area contributed by atoms with Crippen molar-refractivity contribution in [3.05, 3.63) is 27.0 Å². The number of nitrogens with zero attached hydrogens (tertiary/aromatic N) is 1. The number of nitrogens with one attached hydrogen (secondary N) is 1. The van der Waals surface area contributed by atoms with E-state index >= 15 is 0 Å². The van der Waals surface area contributed by atoms with Gasteiger partial charge in [-0.05, 0) is 33.9 Å². The highest BCUT2D eigenvalue weighted by atomic mass is 79.9. The van der Waals surface area contributed by atoms with Crippen molar-refractivity contribution in [3.63, 3.8) is 0 Å². The van der Waals surface area contributed by atoms with Gasteiger partial charge in [-0.2, -0.15) is 0 Å². The normalized spacial score (nSPS) is 10.8. The third kappa shape index (κ3) is 2.66. The molecule has 2 aromatic heterocycles. The van der Waals surface area contributed by atoms with E-state index in [2.05, 4.69) is 50.0 Å². The lowest BCUT2D eigenvalue weighted by Gasteiger charge is -1.95. The maximum atomic E-state index is 4.59. The van der Waals surface area contributed by atoms with Crippen LogP contribution < -0.4 is 5.32 Å². The molecular formula is C10H11BrN2S2. The fraction of sp³-hybridized carbons (Fsp3) is 0.300. The Hall–Kier alpha value is -0.230. The van der Waals surface area contributed by atoms with Gasteiger partial charge in [-0.25, -0.2) is 4.98 Å². The van der Waals surface area contributed by atoms with Crippen LogP contribution in [0.2, 0.25) is 0 Å². The van der Waals surface area contributed by atoms with Crippen LogP contribution in [-0.2, 0) is 6.54 Å². The van der Waals surface area contributed by atoms with E-state index in [-0.39, 0.29) is 0 Å². The van der Waals surface area contributed by atoms with Crippen LogP contribution in [0.4, 0.5) is 0 Å². The molecule has 0 saturated carbocycles. The smallest absolute Gasteiger partial charge is 0.134 e. The zero-order valence-corrected chi connectivity index (χ0v) is 11.5. The fourth-order valence-corrected chi connectivity index (χ4v) is 3.83. The number of rotatable bonds is 4. The van der Waals surface area contributed by atoms with E-state index in [0.717, 1.165) is 28.3 Å². The Balaban J connectivity index is 2.17. The van der Waals surface area contributed by atoms with E-state index in [4.69, 9.17) is 0 Å². The average Bonchev–Trinajstić information content (AvgIpc) is 2.83. The van der Waals surface area contributed by atoms with Gasteiger partial charge in [-0.15, -0.1) is 22.7 Å². The van der Waals surface area contributed by atoms with Crippen LogP contribution in [0.1, 0.15) is 12.6 Å². The molecular weight excluding hydrogens is 292 g/mol. The molecule has 2 aromatic rings. The topological polar surface area (TPSA) is 24.9 Å². The molecule has 5 heteroatoms. The van der Waals surface area contributed by atoms with Crippen LogP contribution in [0.25, 0.3) is 9.88 Å². The summed E-state index contributed by atoms with van der Waals surface area (Å²) in [6.45, 7) is 3.94. The standard InChI is InChI=1S/C10H11BrN2S2/c1-2-12-5-7-6-15-10(13-7)9-8(11)3-4-14-9/h3-4,6,12H,2,5H2,1H3. The Morgan fingerprint density at radius 3 is 3.00 bits per heavy atom. The minimum absolute atomic E-state index is 0.857. The highest BCUT2D eigenvalue weighted by molar-refractivity contribution is 9.10. The Bertz CT molecular complexity index is 436. The minimum atomic E-state index is 0.857. The van der Waals surface area contributed by atoms with Gasteiger partial charge in [0.15, 0.2) is 0 Å². The number of aromatic nitrogens is 1. The number of hydrogen-bond acceptors (Lipinski definition) is 4. The van der Waals surface area contributed by atoms with Crippen LogP contribution in [-0.4, -0.2) is 11.5 Å². The molecule has 2 heterocycles. The third-order valence-electron chi connectivity index (χ3n) is 1.92. The first-order chi connectivity index (χ1) is 7.31. The molecule has 0 radical (unpaired) electrons. The van der Waals surface area contributed by atoms with Crippen molar-refractivity contribution >= 4 is 38.6 Å². The second-order valence-electron chi connectivity index (χ2n) is 3.02. The van der Waals surface area contributed by atoms with Crippen LogP contribution >= 0.6 is 38.6 Å². The molecule has 0 fully saturated rings. The quantitative estimate of drug-likeness (QED) is 0.930. The van der Waals surface area contributed by atoms with E-state index in [9.17, 15) is 0 Å². The van der Waals surface area contributed by atoms with E-state index in [1.165, 1.54) is 4.88 Å². The summed E-state index contributed by atoms with van der Waals surface area (Å²) in [7, 11) is 0. The first kappa shape index (κ1) is 11.3. The molecule has 0 aliphatic rings. The lowest BCUT2D eigenvalue weighted by atomic mass is 10.4. The van der Waals surface area contributed by atoms with Gasteiger partial charge in [0.25, 0.3) is 0 Å². The molecule has 0 aliphatic carbocycles. The van der Waals surface area contributed by atoms with Crippen LogP contribution in [0.15, 0.2) is 21.3 Å². The van der Waals surface area contributed by atoms with Gasteiger partial charge in [-0.1, -0.05) is 6.92 Å². The molecule has 15 heavy (non-hydrogen) atoms. The molecule has 80 valence electrons. The van der Waals surface area contributed by atoms with Crippen molar-refractivity contribution in [1.29, 1.82) is 0 Å². The predicted octanol–water partition coefficient (Wildman–Crippen LogP) is 3.74. The summed E-state index contributed by atoms with van der Waals surface area (Å²) >= 11 is 6.95. The molecule has 0 aromatic carbocycles. The molecule has 0 amide bonds. The van der Waals surface area contributed by atoms with Crippen molar-refractivity contribution in [2.24, 2.45) is 0 Å². The largest absolute Gasteiger partial charge is 0.311 e. The van der Waals surface area contributed by atoms with E-state index in [1.807, 2.05) is 0 Å². The summed E-state index contributed by atoms with van der Waals surface area (Å²) in [5.74, 6) is 0. The summed E-state index contributed by atoms with van der Waals surface area (Å²) in [6.07, 6.45) is 0. The van der Waals surface area contributed by atoms with E-state index in [0.29, 0.717) is 0 Å². The maximum absolute atomic E-state index is 4.59. The molecule has 1 N–H and O–H groups in total. The number of halogens is 1. The highest BCUT2D eigenvalue weighted by Gasteiger charge is 2.08. The lowest BCUT2D eigenvalue weighted by Crippen LogP contribution is -2.11. The average molecular weight is 303 g/mol. The Kier molecular flexibility index (Phi) is 3.91. The van der Waals surface area contributed by atoms with Crippen LogP contribution in [0.3, 0.4) is 0 Å². The van der Waals surface area contributed by atoms with E-state index in [1.54, 1.807) is 22.7 Å². The summed E-state index contributed by atoms with van der Waals surface area (Å²) in [4.78, 5) is 5.81. The number of thiazole rings is 1. The summed E-state index contributed by atoms with van der Waals surface area (Å²) < 4.78 is 1.14. The maximum Gasteiger partial charge on any atom is 0.134 e. The molecule has 2 rings (SSSR count). The minimum Gasteiger partial charge on any atom is -0.311 e. The van der Waals surface area contributed by atoms with Gasteiger partial charge in [0.2, 0.25) is 0 Å². The van der Waals surface area contributed by atoms with Gasteiger partial charge >= 0.3 is 0 Å². The lowest BCUT2D eigenvalue weighted by molar-refractivity contribution is 0.715. The van der Waals surface area contributed by atoms with Crippen molar-refractivity contribution in [1.82, 2.24) is 10.3 Å². The summed E-state index contributed by atoms with van der Waals surface area (Å²) in [6, 6.07) is 2.06. The van der Waals surface area contributed by atoms with Gasteiger partial charge in [0.05, 0.1) is 10.6 Å². The molecule has 0 saturated heterocycles. The SMILES string of the molecule is CCNCc1csc(-c2sccc2Br)n1. The molecule has 0 bridgehead atoms. The van der Waals surface area contributed by atoms with Gasteiger partial charge < -0.3 is 5.32 Å². The third-order valence-corrected chi connectivity index (χ3v) is 4.80. The molecule has 0 spiro atoms. The van der Waals surface area contributed by atoms with Gasteiger partial charge in [-0.3, -0.25) is 0 Å². The summed E-state index contributed by atoms with van der Waals surface area (Å²) in [5.41, 5.74) is 1.12. The van der Waals surface area contributed by atoms with E-state index < -0.39 is 0 Å². The molecule has 0 unspecified atom stereocenters. The number of thiophene rings is 1. The highest BCUT2D eigenvalue weighted by Crippen LogP contribution is 2.35. The summed E-state index contributed by atoms with van der Waals surface area (Å²) in [5, 5.41) is 8.56. The zero-order chi connectivity index (χ0) is 10.7. The predicted molar refractivity (Wildman–Crippen MR) is 70.5 cm³/mol. The van der Waals surface area contributed by atoms with Crippen molar-refractivity contribution in [2.75, 3.05) is 6.54 Å². The first-order valence-corrected chi connectivity index (χ1v) is 7.25. The molecule has 0 aliphatic heterocycles. The Morgan fingerprint density at radius 1 is 1.47 bits per heavy atom. The number of hydrogen-bond donors (Lipinski definition) is 1. The van der Waals surface area contributed by atoms with Crippen LogP contribution in [0.5, 0.6) is 0 Å². The van der Waals surface area contributed by atoms with Crippen molar-refractivity contribution < 1.29 is 0 Å². The monoisotopic (exact) mass is 302 g/mol. The van der Waals surface area contributed by atoms with Gasteiger partial charge in [0.1, 0.15) is 5.01 Å².